The lowest BCUT2D eigenvalue weighted by Gasteiger charge is -2.33. The zero-order valence-corrected chi connectivity index (χ0v) is 14.5. The highest BCUT2D eigenvalue weighted by molar-refractivity contribution is 5.96. The molecule has 25 heavy (non-hydrogen) atoms. The van der Waals surface area contributed by atoms with Crippen LogP contribution in [0.15, 0.2) is 22.7 Å². The van der Waals surface area contributed by atoms with Gasteiger partial charge in [-0.05, 0) is 63.1 Å². The van der Waals surface area contributed by atoms with Crippen molar-refractivity contribution in [2.45, 2.75) is 39.5 Å². The fraction of sp³-hybridized carbons (Fsp3) is 0.474. The van der Waals surface area contributed by atoms with E-state index in [4.69, 9.17) is 4.52 Å². The van der Waals surface area contributed by atoms with Crippen molar-refractivity contribution in [1.82, 2.24) is 10.1 Å². The SMILES string of the molecule is Cc1noc(C)c1C(=O)N1CCCC(CCc2ccc(F)c(F)c2)C1. The van der Waals surface area contributed by atoms with E-state index in [1.54, 1.807) is 19.9 Å². The first-order valence-electron chi connectivity index (χ1n) is 8.61. The van der Waals surface area contributed by atoms with Gasteiger partial charge in [-0.15, -0.1) is 0 Å². The summed E-state index contributed by atoms with van der Waals surface area (Å²) in [5, 5.41) is 3.85. The van der Waals surface area contributed by atoms with Crippen LogP contribution >= 0.6 is 0 Å². The Kier molecular flexibility index (Phi) is 5.16. The Morgan fingerprint density at radius 2 is 2.12 bits per heavy atom. The Morgan fingerprint density at radius 1 is 1.32 bits per heavy atom. The molecule has 2 aromatic rings. The molecule has 1 unspecified atom stereocenters. The zero-order valence-electron chi connectivity index (χ0n) is 14.5. The van der Waals surface area contributed by atoms with Crippen molar-refractivity contribution < 1.29 is 18.1 Å². The van der Waals surface area contributed by atoms with Crippen molar-refractivity contribution in [2.24, 2.45) is 5.92 Å². The molecule has 1 aromatic heterocycles. The van der Waals surface area contributed by atoms with E-state index in [9.17, 15) is 13.6 Å². The van der Waals surface area contributed by atoms with Crippen molar-refractivity contribution in [1.29, 1.82) is 0 Å². The van der Waals surface area contributed by atoms with Crippen LogP contribution in [0, 0.1) is 31.4 Å². The highest BCUT2D eigenvalue weighted by atomic mass is 19.2. The maximum absolute atomic E-state index is 13.3. The molecule has 1 aliphatic rings. The van der Waals surface area contributed by atoms with Gasteiger partial charge in [-0.2, -0.15) is 0 Å². The summed E-state index contributed by atoms with van der Waals surface area (Å²) in [6.45, 7) is 4.92. The average Bonchev–Trinajstić information content (AvgIpc) is 2.94. The zero-order chi connectivity index (χ0) is 18.0. The van der Waals surface area contributed by atoms with Gasteiger partial charge < -0.3 is 9.42 Å². The normalized spacial score (nSPS) is 17.8. The fourth-order valence-corrected chi connectivity index (χ4v) is 3.50. The molecule has 1 saturated heterocycles. The summed E-state index contributed by atoms with van der Waals surface area (Å²) >= 11 is 0. The first kappa shape index (κ1) is 17.6. The Balaban J connectivity index is 1.61. The second-order valence-corrected chi connectivity index (χ2v) is 6.75. The maximum Gasteiger partial charge on any atom is 0.259 e. The van der Waals surface area contributed by atoms with Crippen LogP contribution in [0.25, 0.3) is 0 Å². The molecule has 0 saturated carbocycles. The van der Waals surface area contributed by atoms with Gasteiger partial charge in [0.15, 0.2) is 11.6 Å². The van der Waals surface area contributed by atoms with E-state index in [2.05, 4.69) is 5.16 Å². The lowest BCUT2D eigenvalue weighted by atomic mass is 9.91. The van der Waals surface area contributed by atoms with Gasteiger partial charge in [0.25, 0.3) is 5.91 Å². The maximum atomic E-state index is 13.3. The number of aryl methyl sites for hydroxylation is 3. The van der Waals surface area contributed by atoms with Gasteiger partial charge in [-0.25, -0.2) is 8.78 Å². The van der Waals surface area contributed by atoms with E-state index < -0.39 is 11.6 Å². The highest BCUT2D eigenvalue weighted by Crippen LogP contribution is 2.25. The van der Waals surface area contributed by atoms with Crippen molar-refractivity contribution >= 4 is 5.91 Å². The van der Waals surface area contributed by atoms with Gasteiger partial charge in [0.1, 0.15) is 11.3 Å². The minimum atomic E-state index is -0.822. The molecule has 0 spiro atoms. The fourth-order valence-electron chi connectivity index (χ4n) is 3.50. The Bertz CT molecular complexity index is 753. The van der Waals surface area contributed by atoms with Crippen molar-refractivity contribution in [3.63, 3.8) is 0 Å². The number of likely N-dealkylation sites (tertiary alicyclic amines) is 1. The van der Waals surface area contributed by atoms with Crippen molar-refractivity contribution in [3.8, 4) is 0 Å². The van der Waals surface area contributed by atoms with Crippen LogP contribution in [0.1, 0.15) is 46.6 Å². The third-order valence-electron chi connectivity index (χ3n) is 4.88. The Labute approximate surface area is 145 Å². The summed E-state index contributed by atoms with van der Waals surface area (Å²) in [6.07, 6.45) is 3.50. The third kappa shape index (κ3) is 3.89. The summed E-state index contributed by atoms with van der Waals surface area (Å²) in [5.41, 5.74) is 1.96. The standard InChI is InChI=1S/C19H22F2N2O2/c1-12-18(13(2)25-22-12)19(24)23-9-3-4-15(11-23)6-5-14-7-8-16(20)17(21)10-14/h7-8,10,15H,3-6,9,11H2,1-2H3. The minimum absolute atomic E-state index is 0.0335. The summed E-state index contributed by atoms with van der Waals surface area (Å²) < 4.78 is 31.4. The van der Waals surface area contributed by atoms with Gasteiger partial charge in [-0.3, -0.25) is 4.79 Å². The van der Waals surface area contributed by atoms with Crippen LogP contribution in [0.3, 0.4) is 0 Å². The molecular formula is C19H22F2N2O2. The van der Waals surface area contributed by atoms with Gasteiger partial charge in [0, 0.05) is 13.1 Å². The van der Waals surface area contributed by atoms with E-state index in [1.807, 2.05) is 4.90 Å². The molecular weight excluding hydrogens is 326 g/mol. The van der Waals surface area contributed by atoms with E-state index in [-0.39, 0.29) is 5.91 Å². The van der Waals surface area contributed by atoms with Gasteiger partial charge in [0.05, 0.1) is 5.69 Å². The van der Waals surface area contributed by atoms with Crippen LogP contribution in [0.5, 0.6) is 0 Å². The van der Waals surface area contributed by atoms with Crippen LogP contribution in [0.2, 0.25) is 0 Å². The monoisotopic (exact) mass is 348 g/mol. The molecule has 2 heterocycles. The third-order valence-corrected chi connectivity index (χ3v) is 4.88. The van der Waals surface area contributed by atoms with Crippen LogP contribution in [-0.2, 0) is 6.42 Å². The summed E-state index contributed by atoms with van der Waals surface area (Å²) in [7, 11) is 0. The molecule has 0 radical (unpaired) electrons. The molecule has 4 nitrogen and oxygen atoms in total. The smallest absolute Gasteiger partial charge is 0.259 e. The number of aromatic nitrogens is 1. The molecule has 134 valence electrons. The minimum Gasteiger partial charge on any atom is -0.361 e. The predicted octanol–water partition coefficient (Wildman–Crippen LogP) is 4.05. The molecule has 1 aromatic carbocycles. The van der Waals surface area contributed by atoms with E-state index in [1.165, 1.54) is 12.1 Å². The number of amides is 1. The van der Waals surface area contributed by atoms with E-state index in [0.29, 0.717) is 35.9 Å². The van der Waals surface area contributed by atoms with Crippen LogP contribution in [-0.4, -0.2) is 29.1 Å². The molecule has 0 N–H and O–H groups in total. The number of benzene rings is 1. The topological polar surface area (TPSA) is 46.3 Å². The van der Waals surface area contributed by atoms with Crippen LogP contribution < -0.4 is 0 Å². The molecule has 6 heteroatoms. The number of hydrogen-bond acceptors (Lipinski definition) is 3. The first-order chi connectivity index (χ1) is 12.0. The Morgan fingerprint density at radius 3 is 2.80 bits per heavy atom. The molecule has 1 amide bonds. The van der Waals surface area contributed by atoms with Gasteiger partial charge in [-0.1, -0.05) is 11.2 Å². The molecule has 3 rings (SSSR count). The lowest BCUT2D eigenvalue weighted by molar-refractivity contribution is 0.0666. The number of carbonyl (C=O) groups excluding carboxylic acids is 1. The van der Waals surface area contributed by atoms with E-state index in [0.717, 1.165) is 31.4 Å². The van der Waals surface area contributed by atoms with Gasteiger partial charge >= 0.3 is 0 Å². The van der Waals surface area contributed by atoms with E-state index >= 15 is 0 Å². The second kappa shape index (κ2) is 7.33. The number of hydrogen-bond donors (Lipinski definition) is 0. The number of halogens is 2. The predicted molar refractivity (Wildman–Crippen MR) is 89.3 cm³/mol. The molecule has 0 bridgehead atoms. The summed E-state index contributed by atoms with van der Waals surface area (Å²) in [6, 6.07) is 4.04. The Hall–Kier alpha value is -2.24. The summed E-state index contributed by atoms with van der Waals surface area (Å²) in [5.74, 6) is -0.763. The largest absolute Gasteiger partial charge is 0.361 e. The number of rotatable bonds is 4. The molecule has 1 aliphatic heterocycles. The number of piperidine rings is 1. The average molecular weight is 348 g/mol. The molecule has 1 fully saturated rings. The number of carbonyl (C=O) groups is 1. The van der Waals surface area contributed by atoms with Crippen molar-refractivity contribution in [2.75, 3.05) is 13.1 Å². The highest BCUT2D eigenvalue weighted by Gasteiger charge is 2.28. The van der Waals surface area contributed by atoms with Crippen LogP contribution in [0.4, 0.5) is 8.78 Å². The first-order valence-corrected chi connectivity index (χ1v) is 8.61. The lowest BCUT2D eigenvalue weighted by Crippen LogP contribution is -2.40. The van der Waals surface area contributed by atoms with Gasteiger partial charge in [0.2, 0.25) is 0 Å². The van der Waals surface area contributed by atoms with Crippen molar-refractivity contribution in [3.05, 3.63) is 52.4 Å². The second-order valence-electron chi connectivity index (χ2n) is 6.75. The molecule has 1 atom stereocenters. The molecule has 0 aliphatic carbocycles. The number of nitrogens with zero attached hydrogens (tertiary/aromatic N) is 2. The quantitative estimate of drug-likeness (QED) is 0.837. The summed E-state index contributed by atoms with van der Waals surface area (Å²) in [4.78, 5) is 14.6.